The van der Waals surface area contributed by atoms with Crippen LogP contribution in [-0.2, 0) is 4.43 Å². The van der Waals surface area contributed by atoms with Crippen molar-refractivity contribution in [1.82, 2.24) is 0 Å². The highest BCUT2D eigenvalue weighted by atomic mass is 28.4. The average molecular weight is 467 g/mol. The van der Waals surface area contributed by atoms with Crippen LogP contribution in [0.3, 0.4) is 0 Å². The fourth-order valence-corrected chi connectivity index (χ4v) is 9.90. The molecule has 1 aliphatic rings. The van der Waals surface area contributed by atoms with Crippen LogP contribution in [0, 0.1) is 0 Å². The maximum absolute atomic E-state index is 13.3. The summed E-state index contributed by atoms with van der Waals surface area (Å²) in [6.45, 7) is 7.72. The minimum Gasteiger partial charge on any atom is -0.406 e. The van der Waals surface area contributed by atoms with Gasteiger partial charge in [0.05, 0.1) is 12.3 Å². The minimum absolute atomic E-state index is 0.0113. The smallest absolute Gasteiger partial charge is 0.261 e. The maximum atomic E-state index is 13.3. The Morgan fingerprint density at radius 3 is 2.03 bits per heavy atom. The number of rotatable bonds is 6. The van der Waals surface area contributed by atoms with Gasteiger partial charge < -0.3 is 15.1 Å². The predicted octanol–water partition coefficient (Wildman–Crippen LogP) is 4.96. The fourth-order valence-electron chi connectivity index (χ4n) is 5.34. The van der Waals surface area contributed by atoms with E-state index >= 15 is 0 Å². The quantitative estimate of drug-likeness (QED) is 0.323. The van der Waals surface area contributed by atoms with Crippen LogP contribution in [0.15, 0.2) is 91.0 Å². The van der Waals surface area contributed by atoms with Crippen molar-refractivity contribution in [2.75, 3.05) is 23.8 Å². The van der Waals surface area contributed by atoms with E-state index in [1.165, 1.54) is 10.4 Å². The number of benzene rings is 4. The highest BCUT2D eigenvalue weighted by Crippen LogP contribution is 2.40. The van der Waals surface area contributed by atoms with Crippen LogP contribution >= 0.6 is 0 Å². The molecule has 2 N–H and O–H groups in total. The van der Waals surface area contributed by atoms with Crippen LogP contribution in [0.2, 0.25) is 5.04 Å². The lowest BCUT2D eigenvalue weighted by Gasteiger charge is -2.43. The van der Waals surface area contributed by atoms with Gasteiger partial charge in [0.25, 0.3) is 14.2 Å². The molecule has 1 heterocycles. The Bertz CT molecular complexity index is 1310. The molecular weight excluding hydrogens is 436 g/mol. The number of nitrogen functional groups attached to an aromatic ring is 1. The Balaban J connectivity index is 1.51. The van der Waals surface area contributed by atoms with E-state index in [0.717, 1.165) is 16.5 Å². The first-order valence-electron chi connectivity index (χ1n) is 11.7. The summed E-state index contributed by atoms with van der Waals surface area (Å²) in [6.07, 6.45) is 0. The first kappa shape index (κ1) is 22.4. The first-order valence-corrected chi connectivity index (χ1v) is 13.6. The second-order valence-electron chi connectivity index (χ2n) is 9.87. The molecular formula is C29H30N2O2Si. The number of nitrogens with zero attached hydrogens (tertiary/aromatic N) is 1. The van der Waals surface area contributed by atoms with E-state index in [2.05, 4.69) is 69.3 Å². The summed E-state index contributed by atoms with van der Waals surface area (Å²) in [4.78, 5) is 15.2. The lowest BCUT2D eigenvalue weighted by atomic mass is 10.0. The Morgan fingerprint density at radius 1 is 0.824 bits per heavy atom. The van der Waals surface area contributed by atoms with Crippen molar-refractivity contribution in [3.63, 3.8) is 0 Å². The predicted molar refractivity (Wildman–Crippen MR) is 144 cm³/mol. The van der Waals surface area contributed by atoms with Crippen LogP contribution in [0.4, 0.5) is 11.4 Å². The van der Waals surface area contributed by atoms with Gasteiger partial charge in [0.2, 0.25) is 0 Å². The molecule has 34 heavy (non-hydrogen) atoms. The van der Waals surface area contributed by atoms with Crippen LogP contribution in [-0.4, -0.2) is 27.4 Å². The molecule has 0 atom stereocenters. The zero-order valence-electron chi connectivity index (χ0n) is 19.9. The van der Waals surface area contributed by atoms with Gasteiger partial charge in [0.15, 0.2) is 0 Å². The van der Waals surface area contributed by atoms with E-state index in [1.807, 2.05) is 47.4 Å². The van der Waals surface area contributed by atoms with Gasteiger partial charge in [-0.15, -0.1) is 0 Å². The fraction of sp³-hybridized carbons (Fsp3) is 0.207. The van der Waals surface area contributed by atoms with E-state index in [-0.39, 0.29) is 10.9 Å². The molecule has 4 aromatic carbocycles. The van der Waals surface area contributed by atoms with Crippen LogP contribution in [0.1, 0.15) is 31.1 Å². The molecule has 5 rings (SSSR count). The standard InChI is InChI=1S/C29H30N2O2Si/c1-29(2,3)34(21-11-6-4-7-12-21,22-13-8-5-9-14-22)33-20-19-31-26-18-17-25(30)23-15-10-16-24(27(23)26)28(31)32/h4-18H,19-20,30H2,1-3H3. The second kappa shape index (κ2) is 8.42. The molecule has 0 unspecified atom stereocenters. The van der Waals surface area contributed by atoms with Crippen LogP contribution in [0.5, 0.6) is 0 Å². The van der Waals surface area contributed by atoms with Gasteiger partial charge in [-0.3, -0.25) is 4.79 Å². The lowest BCUT2D eigenvalue weighted by molar-refractivity contribution is 0.0988. The molecule has 0 radical (unpaired) electrons. The van der Waals surface area contributed by atoms with Gasteiger partial charge in [-0.1, -0.05) is 93.6 Å². The topological polar surface area (TPSA) is 55.6 Å². The van der Waals surface area contributed by atoms with Crippen molar-refractivity contribution in [1.29, 1.82) is 0 Å². The molecule has 0 saturated heterocycles. The summed E-state index contributed by atoms with van der Waals surface area (Å²) < 4.78 is 7.02. The largest absolute Gasteiger partial charge is 0.406 e. The van der Waals surface area contributed by atoms with E-state index < -0.39 is 8.32 Å². The Kier molecular flexibility index (Phi) is 5.54. The number of amides is 1. The second-order valence-corrected chi connectivity index (χ2v) is 14.2. The summed E-state index contributed by atoms with van der Waals surface area (Å²) in [5.41, 5.74) is 8.52. The molecule has 0 bridgehead atoms. The molecule has 0 aromatic heterocycles. The number of carbonyl (C=O) groups is 1. The number of nitrogens with two attached hydrogens (primary N) is 1. The molecule has 0 spiro atoms. The van der Waals surface area contributed by atoms with Gasteiger partial charge >= 0.3 is 0 Å². The van der Waals surface area contributed by atoms with E-state index in [0.29, 0.717) is 24.4 Å². The van der Waals surface area contributed by atoms with Gasteiger partial charge in [0, 0.05) is 28.6 Å². The zero-order chi connectivity index (χ0) is 23.9. The third-order valence-electron chi connectivity index (χ3n) is 6.87. The number of carbonyl (C=O) groups excluding carboxylic acids is 1. The van der Waals surface area contributed by atoms with Crippen molar-refractivity contribution in [3.8, 4) is 0 Å². The summed E-state index contributed by atoms with van der Waals surface area (Å²) in [5.74, 6) is 0.0113. The Labute approximate surface area is 202 Å². The normalized spacial score (nSPS) is 13.6. The average Bonchev–Trinajstić information content (AvgIpc) is 3.11. The molecule has 4 nitrogen and oxygen atoms in total. The monoisotopic (exact) mass is 466 g/mol. The molecule has 5 heteroatoms. The Morgan fingerprint density at radius 2 is 1.44 bits per heavy atom. The third kappa shape index (κ3) is 3.43. The molecule has 4 aromatic rings. The van der Waals surface area contributed by atoms with Crippen LogP contribution < -0.4 is 21.0 Å². The molecule has 0 fully saturated rings. The van der Waals surface area contributed by atoms with Crippen molar-refractivity contribution in [2.45, 2.75) is 25.8 Å². The summed E-state index contributed by atoms with van der Waals surface area (Å²) >= 11 is 0. The minimum atomic E-state index is -2.65. The third-order valence-corrected chi connectivity index (χ3v) is 11.9. The highest BCUT2D eigenvalue weighted by molar-refractivity contribution is 6.99. The van der Waals surface area contributed by atoms with Crippen molar-refractivity contribution in [2.24, 2.45) is 0 Å². The van der Waals surface area contributed by atoms with Crippen molar-refractivity contribution >= 4 is 46.7 Å². The molecule has 1 aliphatic heterocycles. The van der Waals surface area contributed by atoms with E-state index in [1.54, 1.807) is 0 Å². The Hall–Kier alpha value is -3.41. The van der Waals surface area contributed by atoms with Crippen molar-refractivity contribution in [3.05, 3.63) is 96.6 Å². The lowest BCUT2D eigenvalue weighted by Crippen LogP contribution is -2.67. The number of hydrogen-bond acceptors (Lipinski definition) is 3. The molecule has 0 aliphatic carbocycles. The SMILES string of the molecule is CC(C)(C)[Si](OCCN1C(=O)c2cccc3c(N)ccc1c23)(c1ccccc1)c1ccccc1. The van der Waals surface area contributed by atoms with Crippen LogP contribution in [0.25, 0.3) is 10.8 Å². The molecule has 172 valence electrons. The van der Waals surface area contributed by atoms with Gasteiger partial charge in [-0.25, -0.2) is 0 Å². The number of hydrogen-bond donors (Lipinski definition) is 1. The number of anilines is 2. The summed E-state index contributed by atoms with van der Waals surface area (Å²) in [7, 11) is -2.65. The maximum Gasteiger partial charge on any atom is 0.261 e. The van der Waals surface area contributed by atoms with Crippen molar-refractivity contribution < 1.29 is 9.22 Å². The first-order chi connectivity index (χ1) is 16.3. The summed E-state index contributed by atoms with van der Waals surface area (Å²) in [5, 5.41) is 4.23. The van der Waals surface area contributed by atoms with Gasteiger partial charge in [0.1, 0.15) is 0 Å². The highest BCUT2D eigenvalue weighted by Gasteiger charge is 2.50. The van der Waals surface area contributed by atoms with E-state index in [9.17, 15) is 4.79 Å². The molecule has 0 saturated carbocycles. The zero-order valence-corrected chi connectivity index (χ0v) is 20.9. The molecule has 1 amide bonds. The van der Waals surface area contributed by atoms with Gasteiger partial charge in [-0.05, 0) is 33.6 Å². The van der Waals surface area contributed by atoms with Gasteiger partial charge in [-0.2, -0.15) is 0 Å². The summed E-state index contributed by atoms with van der Waals surface area (Å²) in [6, 6.07) is 30.8. The van der Waals surface area contributed by atoms with E-state index in [4.69, 9.17) is 10.2 Å².